The van der Waals surface area contributed by atoms with Gasteiger partial charge in [-0.15, -0.1) is 0 Å². The van der Waals surface area contributed by atoms with Crippen LogP contribution in [0.2, 0.25) is 0 Å². The molecule has 0 aliphatic carbocycles. The van der Waals surface area contributed by atoms with Crippen LogP contribution in [-0.2, 0) is 9.47 Å². The first-order valence-corrected chi connectivity index (χ1v) is 3.62. The summed E-state index contributed by atoms with van der Waals surface area (Å²) in [4.78, 5) is 0. The molecule has 0 bridgehead atoms. The minimum absolute atomic E-state index is 0.238. The molecule has 1 aliphatic rings. The van der Waals surface area contributed by atoms with Crippen LogP contribution in [0.3, 0.4) is 0 Å². The first-order valence-electron chi connectivity index (χ1n) is 3.62. The molecule has 1 aromatic rings. The molecule has 0 fully saturated rings. The Hall–Kier alpha value is -1.64. The molecule has 0 atom stereocenters. The number of benzene rings is 1. The molecular weight excluding hydrogens is 156 g/mol. The van der Waals surface area contributed by atoms with Crippen LogP contribution in [0.25, 0.3) is 0 Å². The van der Waals surface area contributed by atoms with Gasteiger partial charge >= 0.3 is 5.95 Å². The molecule has 3 heteroatoms. The van der Waals surface area contributed by atoms with Crippen molar-refractivity contribution in [3.05, 3.63) is 42.5 Å². The van der Waals surface area contributed by atoms with E-state index < -0.39 is 0 Å². The molecule has 62 valence electrons. The molecule has 0 amide bonds. The van der Waals surface area contributed by atoms with E-state index >= 15 is 0 Å². The van der Waals surface area contributed by atoms with Crippen LogP contribution in [0.15, 0.2) is 42.5 Å². The van der Waals surface area contributed by atoms with Gasteiger partial charge in [-0.25, -0.2) is 0 Å². The first kappa shape index (κ1) is 7.03. The van der Waals surface area contributed by atoms with Crippen LogP contribution >= 0.6 is 0 Å². The fraction of sp³-hybridized carbons (Fsp3) is 0.111. The quantitative estimate of drug-likeness (QED) is 0.667. The highest BCUT2D eigenvalue weighted by atomic mass is 16.8. The molecule has 0 saturated carbocycles. The van der Waals surface area contributed by atoms with E-state index in [0.29, 0.717) is 5.95 Å². The predicted octanol–water partition coefficient (Wildman–Crippen LogP) is 1.87. The smallest absolute Gasteiger partial charge is 0.324 e. The zero-order valence-corrected chi connectivity index (χ0v) is 6.40. The summed E-state index contributed by atoms with van der Waals surface area (Å²) in [6, 6.07) is 9.41. The van der Waals surface area contributed by atoms with Crippen molar-refractivity contribution in [2.75, 3.05) is 6.79 Å². The van der Waals surface area contributed by atoms with E-state index in [1.807, 2.05) is 30.3 Å². The third-order valence-electron chi connectivity index (χ3n) is 1.41. The average Bonchev–Trinajstić information content (AvgIpc) is 2.59. The summed E-state index contributed by atoms with van der Waals surface area (Å²) in [6.45, 7) is 0.238. The SMILES string of the molecule is C1=C(Oc2ccccc2)OCO1. The fourth-order valence-electron chi connectivity index (χ4n) is 0.886. The van der Waals surface area contributed by atoms with Gasteiger partial charge in [0, 0.05) is 0 Å². The molecule has 3 nitrogen and oxygen atoms in total. The second kappa shape index (κ2) is 3.17. The van der Waals surface area contributed by atoms with Gasteiger partial charge in [0.25, 0.3) is 0 Å². The number of ether oxygens (including phenoxy) is 3. The third-order valence-corrected chi connectivity index (χ3v) is 1.41. The Labute approximate surface area is 70.2 Å². The van der Waals surface area contributed by atoms with Gasteiger partial charge in [-0.3, -0.25) is 0 Å². The standard InChI is InChI=1S/C9H8O3/c1-2-4-8(5-3-1)12-9-6-10-7-11-9/h1-6H,7H2. The molecule has 0 radical (unpaired) electrons. The zero-order chi connectivity index (χ0) is 8.23. The molecule has 2 rings (SSSR count). The number of rotatable bonds is 2. The number of hydrogen-bond acceptors (Lipinski definition) is 3. The minimum Gasteiger partial charge on any atom is -0.458 e. The summed E-state index contributed by atoms with van der Waals surface area (Å²) >= 11 is 0. The van der Waals surface area contributed by atoms with Gasteiger partial charge in [0.15, 0.2) is 6.26 Å². The van der Waals surface area contributed by atoms with E-state index in [-0.39, 0.29) is 6.79 Å². The molecule has 12 heavy (non-hydrogen) atoms. The van der Waals surface area contributed by atoms with Crippen molar-refractivity contribution in [3.63, 3.8) is 0 Å². The van der Waals surface area contributed by atoms with Crippen molar-refractivity contribution >= 4 is 0 Å². The maximum absolute atomic E-state index is 5.29. The van der Waals surface area contributed by atoms with Crippen LogP contribution < -0.4 is 4.74 Å². The van der Waals surface area contributed by atoms with Crippen molar-refractivity contribution in [3.8, 4) is 5.75 Å². The van der Waals surface area contributed by atoms with E-state index in [0.717, 1.165) is 5.75 Å². The summed E-state index contributed by atoms with van der Waals surface area (Å²) in [5.41, 5.74) is 0. The van der Waals surface area contributed by atoms with Crippen LogP contribution in [0.1, 0.15) is 0 Å². The molecule has 1 heterocycles. The summed E-state index contributed by atoms with van der Waals surface area (Å²) < 4.78 is 15.1. The lowest BCUT2D eigenvalue weighted by Gasteiger charge is -2.02. The molecule has 0 saturated heterocycles. The second-order valence-corrected chi connectivity index (χ2v) is 2.28. The molecular formula is C9H8O3. The maximum atomic E-state index is 5.29. The minimum atomic E-state index is 0.238. The van der Waals surface area contributed by atoms with Gasteiger partial charge in [-0.2, -0.15) is 0 Å². The summed E-state index contributed by atoms with van der Waals surface area (Å²) in [5, 5.41) is 0. The highest BCUT2D eigenvalue weighted by molar-refractivity contribution is 5.22. The van der Waals surface area contributed by atoms with E-state index in [4.69, 9.17) is 14.2 Å². The van der Waals surface area contributed by atoms with Crippen molar-refractivity contribution in [1.82, 2.24) is 0 Å². The van der Waals surface area contributed by atoms with Crippen molar-refractivity contribution in [2.45, 2.75) is 0 Å². The van der Waals surface area contributed by atoms with Crippen LogP contribution in [0.4, 0.5) is 0 Å². The Morgan fingerprint density at radius 1 is 1.17 bits per heavy atom. The van der Waals surface area contributed by atoms with E-state index in [9.17, 15) is 0 Å². The number of para-hydroxylation sites is 1. The molecule has 1 aromatic carbocycles. The van der Waals surface area contributed by atoms with Crippen molar-refractivity contribution in [1.29, 1.82) is 0 Å². The van der Waals surface area contributed by atoms with Crippen molar-refractivity contribution < 1.29 is 14.2 Å². The Morgan fingerprint density at radius 2 is 2.00 bits per heavy atom. The third kappa shape index (κ3) is 1.50. The Morgan fingerprint density at radius 3 is 2.67 bits per heavy atom. The van der Waals surface area contributed by atoms with Crippen molar-refractivity contribution in [2.24, 2.45) is 0 Å². The number of hydrogen-bond donors (Lipinski definition) is 0. The van der Waals surface area contributed by atoms with Crippen LogP contribution in [0, 0.1) is 0 Å². The summed E-state index contributed by atoms with van der Waals surface area (Å²) in [6.07, 6.45) is 1.45. The predicted molar refractivity (Wildman–Crippen MR) is 42.2 cm³/mol. The topological polar surface area (TPSA) is 27.7 Å². The summed E-state index contributed by atoms with van der Waals surface area (Å²) in [7, 11) is 0. The van der Waals surface area contributed by atoms with Gasteiger partial charge in [-0.05, 0) is 12.1 Å². The van der Waals surface area contributed by atoms with E-state index in [1.165, 1.54) is 6.26 Å². The van der Waals surface area contributed by atoms with Crippen LogP contribution in [0.5, 0.6) is 5.75 Å². The van der Waals surface area contributed by atoms with Gasteiger partial charge in [0.2, 0.25) is 6.79 Å². The Kier molecular flexibility index (Phi) is 1.86. The molecule has 0 unspecified atom stereocenters. The maximum Gasteiger partial charge on any atom is 0.324 e. The normalized spacial score (nSPS) is 14.5. The highest BCUT2D eigenvalue weighted by Gasteiger charge is 2.07. The highest BCUT2D eigenvalue weighted by Crippen LogP contribution is 2.15. The summed E-state index contributed by atoms with van der Waals surface area (Å²) in [5.74, 6) is 1.15. The molecule has 0 aromatic heterocycles. The largest absolute Gasteiger partial charge is 0.458 e. The monoisotopic (exact) mass is 164 g/mol. The zero-order valence-electron chi connectivity index (χ0n) is 6.40. The lowest BCUT2D eigenvalue weighted by atomic mass is 10.3. The Bertz CT molecular complexity index is 279. The second-order valence-electron chi connectivity index (χ2n) is 2.28. The Balaban J connectivity index is 2.04. The van der Waals surface area contributed by atoms with E-state index in [1.54, 1.807) is 0 Å². The molecule has 0 N–H and O–H groups in total. The van der Waals surface area contributed by atoms with Crippen LogP contribution in [-0.4, -0.2) is 6.79 Å². The van der Waals surface area contributed by atoms with Gasteiger partial charge in [-0.1, -0.05) is 18.2 Å². The average molecular weight is 164 g/mol. The van der Waals surface area contributed by atoms with E-state index in [2.05, 4.69) is 0 Å². The lowest BCUT2D eigenvalue weighted by molar-refractivity contribution is 0.0441. The molecule has 0 spiro atoms. The van der Waals surface area contributed by atoms with Gasteiger partial charge < -0.3 is 14.2 Å². The first-order chi connectivity index (χ1) is 5.95. The molecule has 1 aliphatic heterocycles. The fourth-order valence-corrected chi connectivity index (χ4v) is 0.886. The lowest BCUT2D eigenvalue weighted by Crippen LogP contribution is -1.94. The van der Waals surface area contributed by atoms with Gasteiger partial charge in [0.05, 0.1) is 0 Å². The van der Waals surface area contributed by atoms with Gasteiger partial charge in [0.1, 0.15) is 5.75 Å².